The van der Waals surface area contributed by atoms with Crippen LogP contribution in [0.25, 0.3) is 0 Å². The van der Waals surface area contributed by atoms with Gasteiger partial charge in [0.1, 0.15) is 0 Å². The van der Waals surface area contributed by atoms with Crippen LogP contribution in [0.2, 0.25) is 0 Å². The lowest BCUT2D eigenvalue weighted by Crippen LogP contribution is -2.35. The van der Waals surface area contributed by atoms with E-state index < -0.39 is 10.2 Å². The van der Waals surface area contributed by atoms with E-state index in [0.29, 0.717) is 11.7 Å². The van der Waals surface area contributed by atoms with E-state index in [1.807, 2.05) is 12.1 Å². The number of rotatable bonds is 7. The minimum atomic E-state index is -3.49. The Balaban J connectivity index is 2.62. The molecule has 1 rings (SSSR count). The van der Waals surface area contributed by atoms with E-state index in [4.69, 9.17) is 0 Å². The second kappa shape index (κ2) is 6.88. The third kappa shape index (κ3) is 6.56. The molecular weight excluding hydrogens is 262 g/mol. The third-order valence-corrected chi connectivity index (χ3v) is 3.60. The fourth-order valence-electron chi connectivity index (χ4n) is 1.51. The maximum absolute atomic E-state index is 11.7. The van der Waals surface area contributed by atoms with Crippen molar-refractivity contribution >= 4 is 15.9 Å². The molecule has 0 atom stereocenters. The average molecular weight is 285 g/mol. The molecule has 0 unspecified atom stereocenters. The maximum atomic E-state index is 11.7. The van der Waals surface area contributed by atoms with Gasteiger partial charge in [-0.3, -0.25) is 4.72 Å². The fourth-order valence-corrected chi connectivity index (χ4v) is 2.63. The Labute approximate surface area is 116 Å². The smallest absolute Gasteiger partial charge is 0.299 e. The highest BCUT2D eigenvalue weighted by Crippen LogP contribution is 2.11. The molecule has 0 amide bonds. The van der Waals surface area contributed by atoms with E-state index in [1.165, 1.54) is 0 Å². The molecule has 0 aliphatic heterocycles. The normalized spacial score (nSPS) is 12.1. The monoisotopic (exact) mass is 285 g/mol. The Morgan fingerprint density at radius 2 is 1.58 bits per heavy atom. The van der Waals surface area contributed by atoms with Crippen LogP contribution in [0.1, 0.15) is 33.3 Å². The minimum absolute atomic E-state index is 0.132. The molecule has 0 saturated carbocycles. The van der Waals surface area contributed by atoms with Gasteiger partial charge in [-0.1, -0.05) is 26.0 Å². The summed E-state index contributed by atoms with van der Waals surface area (Å²) in [6, 6.07) is 7.62. The van der Waals surface area contributed by atoms with Crippen molar-refractivity contribution in [2.45, 2.75) is 46.3 Å². The van der Waals surface area contributed by atoms with Gasteiger partial charge in [-0.05, 0) is 31.5 Å². The van der Waals surface area contributed by atoms with E-state index in [-0.39, 0.29) is 6.04 Å². The maximum Gasteiger partial charge on any atom is 0.299 e. The standard InChI is InChI=1S/C13H23N3O2S/c1-10(2)14-9-12-5-7-13(8-6-12)16-19(17,18)15-11(3)4/h5-8,10-11,14-16H,9H2,1-4H3. The highest BCUT2D eigenvalue weighted by atomic mass is 32.2. The number of hydrogen-bond acceptors (Lipinski definition) is 3. The summed E-state index contributed by atoms with van der Waals surface area (Å²) in [6.45, 7) is 8.49. The number of nitrogens with one attached hydrogen (secondary N) is 3. The second-order valence-corrected chi connectivity index (χ2v) is 6.56. The molecule has 0 bridgehead atoms. The summed E-state index contributed by atoms with van der Waals surface area (Å²) >= 11 is 0. The predicted octanol–water partition coefficient (Wildman–Crippen LogP) is 1.84. The molecule has 0 radical (unpaired) electrons. The van der Waals surface area contributed by atoms with Gasteiger partial charge in [0.15, 0.2) is 0 Å². The Morgan fingerprint density at radius 1 is 1.00 bits per heavy atom. The van der Waals surface area contributed by atoms with E-state index in [9.17, 15) is 8.42 Å². The van der Waals surface area contributed by atoms with E-state index in [1.54, 1.807) is 26.0 Å². The lowest BCUT2D eigenvalue weighted by atomic mass is 10.2. The molecule has 0 heterocycles. The van der Waals surface area contributed by atoms with Gasteiger partial charge in [-0.15, -0.1) is 0 Å². The molecule has 19 heavy (non-hydrogen) atoms. The lowest BCUT2D eigenvalue weighted by molar-refractivity contribution is 0.575. The number of hydrogen-bond donors (Lipinski definition) is 3. The van der Waals surface area contributed by atoms with Gasteiger partial charge in [0.25, 0.3) is 10.2 Å². The zero-order valence-corrected chi connectivity index (χ0v) is 12.7. The SMILES string of the molecule is CC(C)NCc1ccc(NS(=O)(=O)NC(C)C)cc1. The van der Waals surface area contributed by atoms with Crippen LogP contribution < -0.4 is 14.8 Å². The van der Waals surface area contributed by atoms with Crippen LogP contribution in [0.3, 0.4) is 0 Å². The van der Waals surface area contributed by atoms with Crippen LogP contribution in [0.4, 0.5) is 5.69 Å². The summed E-state index contributed by atoms with van der Waals surface area (Å²) in [5.41, 5.74) is 1.68. The van der Waals surface area contributed by atoms with Crippen LogP contribution in [0, 0.1) is 0 Å². The van der Waals surface area contributed by atoms with Crippen molar-refractivity contribution in [1.29, 1.82) is 0 Å². The van der Waals surface area contributed by atoms with Crippen molar-refractivity contribution in [3.05, 3.63) is 29.8 Å². The summed E-state index contributed by atoms with van der Waals surface area (Å²) in [4.78, 5) is 0. The minimum Gasteiger partial charge on any atom is -0.310 e. The van der Waals surface area contributed by atoms with Gasteiger partial charge in [0.05, 0.1) is 0 Å². The van der Waals surface area contributed by atoms with Crippen LogP contribution >= 0.6 is 0 Å². The van der Waals surface area contributed by atoms with Crippen LogP contribution in [0.15, 0.2) is 24.3 Å². The topological polar surface area (TPSA) is 70.2 Å². The molecule has 108 valence electrons. The van der Waals surface area contributed by atoms with Crippen molar-refractivity contribution < 1.29 is 8.42 Å². The molecule has 1 aromatic carbocycles. The van der Waals surface area contributed by atoms with Gasteiger partial charge >= 0.3 is 0 Å². The van der Waals surface area contributed by atoms with Crippen LogP contribution in [-0.2, 0) is 16.8 Å². The fraction of sp³-hybridized carbons (Fsp3) is 0.538. The van der Waals surface area contributed by atoms with E-state index in [2.05, 4.69) is 28.6 Å². The van der Waals surface area contributed by atoms with E-state index in [0.717, 1.165) is 12.1 Å². The van der Waals surface area contributed by atoms with Gasteiger partial charge in [0.2, 0.25) is 0 Å². The van der Waals surface area contributed by atoms with Crippen molar-refractivity contribution in [3.63, 3.8) is 0 Å². The first-order valence-corrected chi connectivity index (χ1v) is 7.89. The molecule has 0 aliphatic carbocycles. The Hall–Kier alpha value is -1.11. The highest BCUT2D eigenvalue weighted by Gasteiger charge is 2.10. The summed E-state index contributed by atoms with van der Waals surface area (Å²) in [7, 11) is -3.49. The lowest BCUT2D eigenvalue weighted by Gasteiger charge is -2.12. The zero-order valence-electron chi connectivity index (χ0n) is 11.9. The number of benzene rings is 1. The molecule has 0 fully saturated rings. The van der Waals surface area contributed by atoms with Gasteiger partial charge < -0.3 is 5.32 Å². The predicted molar refractivity (Wildman–Crippen MR) is 79.2 cm³/mol. The second-order valence-electron chi connectivity index (χ2n) is 5.11. The van der Waals surface area contributed by atoms with Crippen molar-refractivity contribution in [2.24, 2.45) is 0 Å². The quantitative estimate of drug-likeness (QED) is 0.716. The molecule has 0 aliphatic rings. The summed E-state index contributed by atoms with van der Waals surface area (Å²) < 4.78 is 28.3. The molecule has 0 spiro atoms. The van der Waals surface area contributed by atoms with Crippen molar-refractivity contribution in [1.82, 2.24) is 10.0 Å². The molecular formula is C13H23N3O2S. The van der Waals surface area contributed by atoms with Crippen LogP contribution in [0.5, 0.6) is 0 Å². The Morgan fingerprint density at radius 3 is 2.05 bits per heavy atom. The number of anilines is 1. The molecule has 3 N–H and O–H groups in total. The van der Waals surface area contributed by atoms with Crippen molar-refractivity contribution in [3.8, 4) is 0 Å². The first kappa shape index (κ1) is 15.9. The summed E-state index contributed by atoms with van der Waals surface area (Å²) in [5.74, 6) is 0. The molecule has 5 nitrogen and oxygen atoms in total. The Bertz CT molecular complexity index is 481. The third-order valence-electron chi connectivity index (χ3n) is 2.31. The average Bonchev–Trinajstić information content (AvgIpc) is 2.25. The molecule has 1 aromatic rings. The van der Waals surface area contributed by atoms with Gasteiger partial charge in [0, 0.05) is 24.3 Å². The summed E-state index contributed by atoms with van der Waals surface area (Å²) in [5, 5.41) is 3.30. The molecule has 0 aromatic heterocycles. The first-order valence-electron chi connectivity index (χ1n) is 6.41. The van der Waals surface area contributed by atoms with E-state index >= 15 is 0 Å². The van der Waals surface area contributed by atoms with Gasteiger partial charge in [-0.2, -0.15) is 13.1 Å². The summed E-state index contributed by atoms with van der Waals surface area (Å²) in [6.07, 6.45) is 0. The molecule has 0 saturated heterocycles. The molecule has 6 heteroatoms. The first-order chi connectivity index (χ1) is 8.78. The Kier molecular flexibility index (Phi) is 5.78. The highest BCUT2D eigenvalue weighted by molar-refractivity contribution is 7.90. The zero-order chi connectivity index (χ0) is 14.5. The van der Waals surface area contributed by atoms with Crippen LogP contribution in [-0.4, -0.2) is 20.5 Å². The largest absolute Gasteiger partial charge is 0.310 e. The van der Waals surface area contributed by atoms with Crippen molar-refractivity contribution in [2.75, 3.05) is 4.72 Å². The van der Waals surface area contributed by atoms with Gasteiger partial charge in [-0.25, -0.2) is 0 Å².